The maximum Gasteiger partial charge on any atom is 0.416 e. The van der Waals surface area contributed by atoms with Gasteiger partial charge in [-0.05, 0) is 75.1 Å². The molecule has 1 aromatic carbocycles. The lowest BCUT2D eigenvalue weighted by Crippen LogP contribution is -2.51. The molecule has 3 aromatic heterocycles. The van der Waals surface area contributed by atoms with Gasteiger partial charge in [0, 0.05) is 32.8 Å². The molecule has 1 aliphatic heterocycles. The third-order valence-electron chi connectivity index (χ3n) is 10.2. The van der Waals surface area contributed by atoms with E-state index in [0.717, 1.165) is 36.8 Å². The highest BCUT2D eigenvalue weighted by molar-refractivity contribution is 6.33. The molecule has 3 aliphatic rings. The molecule has 55 heavy (non-hydrogen) atoms. The van der Waals surface area contributed by atoms with Crippen LogP contribution in [0.5, 0.6) is 5.75 Å². The molecule has 0 radical (unpaired) electrons. The molecule has 1 atom stereocenters. The van der Waals surface area contributed by atoms with Crippen molar-refractivity contribution in [1.29, 1.82) is 0 Å². The van der Waals surface area contributed by atoms with Crippen molar-refractivity contribution in [1.82, 2.24) is 34.0 Å². The van der Waals surface area contributed by atoms with Crippen LogP contribution in [0, 0.1) is 12.8 Å². The van der Waals surface area contributed by atoms with E-state index in [4.69, 9.17) is 26.1 Å². The van der Waals surface area contributed by atoms with Gasteiger partial charge >= 0.3 is 6.18 Å². The Morgan fingerprint density at radius 1 is 1.09 bits per heavy atom. The highest BCUT2D eigenvalue weighted by Crippen LogP contribution is 2.35. The standard InChI is InChI=1S/C37H41ClF3N9O5/c1-4-28-31(47-13-15-48(16-14-47)34(52)30-32(54-3)21(2)42-20-43-30)35(53)50-36(45-33(46-50)23-7-10-25(11-8-23)55-19-22-5-6-22)49(28)18-29(51)44-27-12-9-24(17-26(27)38)37(39,40)41/h7,9,12,17,20,22,25H,4-6,8,10-11,13-16,18-19H2,1-3H3,(H,44,51). The van der Waals surface area contributed by atoms with Gasteiger partial charge in [0.15, 0.2) is 17.3 Å². The molecule has 2 fully saturated rings. The van der Waals surface area contributed by atoms with Gasteiger partial charge in [-0.1, -0.05) is 24.6 Å². The van der Waals surface area contributed by atoms with E-state index in [0.29, 0.717) is 53.8 Å². The first kappa shape index (κ1) is 38.3. The maximum atomic E-state index is 14.4. The number of amides is 2. The number of fused-ring (bicyclic) bond motifs is 1. The molecule has 2 amide bonds. The Morgan fingerprint density at radius 2 is 1.85 bits per heavy atom. The van der Waals surface area contributed by atoms with Gasteiger partial charge in [0.1, 0.15) is 18.6 Å². The number of hydrogen-bond acceptors (Lipinski definition) is 10. The summed E-state index contributed by atoms with van der Waals surface area (Å²) < 4.78 is 54.1. The number of carbonyl (C=O) groups excluding carboxylic acids is 2. The van der Waals surface area contributed by atoms with Crippen molar-refractivity contribution >= 4 is 46.1 Å². The van der Waals surface area contributed by atoms with E-state index in [1.807, 2.05) is 17.9 Å². The second kappa shape index (κ2) is 15.6. The van der Waals surface area contributed by atoms with Crippen LogP contribution >= 0.6 is 11.6 Å². The van der Waals surface area contributed by atoms with E-state index in [1.54, 1.807) is 16.4 Å². The minimum Gasteiger partial charge on any atom is -0.492 e. The van der Waals surface area contributed by atoms with E-state index in [2.05, 4.69) is 20.4 Å². The van der Waals surface area contributed by atoms with Gasteiger partial charge in [0.25, 0.3) is 11.5 Å². The smallest absolute Gasteiger partial charge is 0.416 e. The maximum absolute atomic E-state index is 14.4. The van der Waals surface area contributed by atoms with Gasteiger partial charge in [0.05, 0.1) is 40.9 Å². The number of piperazine rings is 1. The van der Waals surface area contributed by atoms with Crippen LogP contribution in [0.2, 0.25) is 5.02 Å². The van der Waals surface area contributed by atoms with Crippen LogP contribution in [0.15, 0.2) is 35.4 Å². The third-order valence-corrected chi connectivity index (χ3v) is 10.5. The normalized spacial score (nSPS) is 17.7. The molecule has 4 heterocycles. The summed E-state index contributed by atoms with van der Waals surface area (Å²) in [7, 11) is 1.45. The SMILES string of the molecule is CCc1c(N2CCN(C(=O)c3ncnc(C)c3OC)CC2)c(=O)n2nc(C3=CCC(OCC4CC4)CC3)nc2n1CC(=O)Nc1ccc(C(F)(F)F)cc1Cl. The molecule has 0 bridgehead atoms. The van der Waals surface area contributed by atoms with E-state index >= 15 is 0 Å². The molecule has 0 spiro atoms. The first-order valence-electron chi connectivity index (χ1n) is 18.3. The highest BCUT2D eigenvalue weighted by Gasteiger charge is 2.33. The van der Waals surface area contributed by atoms with Crippen LogP contribution in [-0.2, 0) is 28.7 Å². The fourth-order valence-electron chi connectivity index (χ4n) is 7.05. The Labute approximate surface area is 319 Å². The number of allylic oxidation sites excluding steroid dienone is 1. The Hall–Kier alpha value is -5.03. The minimum absolute atomic E-state index is 0.000667. The lowest BCUT2D eigenvalue weighted by molar-refractivity contribution is -0.137. The van der Waals surface area contributed by atoms with Gasteiger partial charge in [-0.2, -0.15) is 22.7 Å². The van der Waals surface area contributed by atoms with Crippen LogP contribution in [0.4, 0.5) is 24.5 Å². The molecule has 14 nitrogen and oxygen atoms in total. The van der Waals surface area contributed by atoms with Gasteiger partial charge in [0.2, 0.25) is 11.7 Å². The molecule has 1 unspecified atom stereocenters. The number of carbonyl (C=O) groups is 2. The summed E-state index contributed by atoms with van der Waals surface area (Å²) in [5.74, 6) is 0.522. The van der Waals surface area contributed by atoms with Crippen LogP contribution < -0.4 is 20.5 Å². The number of halogens is 4. The number of aromatic nitrogens is 6. The first-order valence-corrected chi connectivity index (χ1v) is 18.6. The van der Waals surface area contributed by atoms with Crippen molar-refractivity contribution in [2.75, 3.05) is 50.1 Å². The zero-order valence-electron chi connectivity index (χ0n) is 30.7. The quantitative estimate of drug-likeness (QED) is 0.215. The van der Waals surface area contributed by atoms with Gasteiger partial charge in [-0.25, -0.2) is 9.97 Å². The number of rotatable bonds is 11. The molecular weight excluding hydrogens is 743 g/mol. The van der Waals surface area contributed by atoms with Crippen LogP contribution in [-0.4, -0.2) is 91.8 Å². The Morgan fingerprint density at radius 3 is 2.49 bits per heavy atom. The summed E-state index contributed by atoms with van der Waals surface area (Å²) in [6.45, 7) is 5.08. The lowest BCUT2D eigenvalue weighted by Gasteiger charge is -2.36. The molecule has 7 rings (SSSR count). The fraction of sp³-hybridized carbons (Fsp3) is 0.486. The van der Waals surface area contributed by atoms with Crippen molar-refractivity contribution < 1.29 is 32.2 Å². The van der Waals surface area contributed by atoms with Crippen molar-refractivity contribution in [3.05, 3.63) is 74.4 Å². The number of ether oxygens (including phenoxy) is 2. The molecule has 18 heteroatoms. The summed E-state index contributed by atoms with van der Waals surface area (Å²) in [5.41, 5.74) is 0.977. The number of benzene rings is 1. The van der Waals surface area contributed by atoms with Crippen molar-refractivity contribution in [3.8, 4) is 5.75 Å². The van der Waals surface area contributed by atoms with Gasteiger partial charge in [-0.3, -0.25) is 14.4 Å². The van der Waals surface area contributed by atoms with Crippen LogP contribution in [0.1, 0.15) is 72.3 Å². The fourth-order valence-corrected chi connectivity index (χ4v) is 7.28. The number of alkyl halides is 3. The highest BCUT2D eigenvalue weighted by atomic mass is 35.5. The van der Waals surface area contributed by atoms with Gasteiger partial charge < -0.3 is 29.2 Å². The number of aryl methyl sites for hydroxylation is 1. The lowest BCUT2D eigenvalue weighted by atomic mass is 9.96. The number of hydrogen-bond donors (Lipinski definition) is 1. The minimum atomic E-state index is -4.61. The van der Waals surface area contributed by atoms with E-state index in [-0.39, 0.29) is 66.9 Å². The van der Waals surface area contributed by atoms with Crippen LogP contribution in [0.3, 0.4) is 0 Å². The van der Waals surface area contributed by atoms with Crippen molar-refractivity contribution in [3.63, 3.8) is 0 Å². The van der Waals surface area contributed by atoms with E-state index in [1.165, 1.54) is 30.8 Å². The molecule has 292 valence electrons. The summed E-state index contributed by atoms with van der Waals surface area (Å²) in [6, 6.07) is 2.69. The summed E-state index contributed by atoms with van der Waals surface area (Å²) in [4.78, 5) is 58.1. The molecule has 1 saturated heterocycles. The van der Waals surface area contributed by atoms with Gasteiger partial charge in [-0.15, -0.1) is 5.10 Å². The third kappa shape index (κ3) is 8.03. The van der Waals surface area contributed by atoms with Crippen LogP contribution in [0.25, 0.3) is 11.4 Å². The largest absolute Gasteiger partial charge is 0.492 e. The second-order valence-corrected chi connectivity index (χ2v) is 14.4. The molecule has 4 aromatic rings. The molecule has 2 aliphatic carbocycles. The average Bonchev–Trinajstić information content (AvgIpc) is 3.90. The number of methoxy groups -OCH3 is 1. The van der Waals surface area contributed by atoms with E-state index in [9.17, 15) is 27.6 Å². The molecular formula is C37H41ClF3N9O5. The van der Waals surface area contributed by atoms with E-state index < -0.39 is 23.2 Å². The summed E-state index contributed by atoms with van der Waals surface area (Å²) in [6.07, 6.45) is 3.69. The number of nitrogens with zero attached hydrogens (tertiary/aromatic N) is 8. The zero-order valence-corrected chi connectivity index (χ0v) is 31.4. The predicted molar refractivity (Wildman–Crippen MR) is 197 cm³/mol. The van der Waals surface area contributed by atoms with Crippen molar-refractivity contribution in [2.45, 2.75) is 71.2 Å². The Balaban J connectivity index is 1.20. The second-order valence-electron chi connectivity index (χ2n) is 14.0. The van der Waals surface area contributed by atoms with Crippen molar-refractivity contribution in [2.24, 2.45) is 5.92 Å². The molecule has 1 saturated carbocycles. The Kier molecular flexibility index (Phi) is 10.9. The summed E-state index contributed by atoms with van der Waals surface area (Å²) >= 11 is 6.17. The molecule has 1 N–H and O–H groups in total. The number of anilines is 2. The topological polar surface area (TPSA) is 149 Å². The predicted octanol–water partition coefficient (Wildman–Crippen LogP) is 5.20. The zero-order chi connectivity index (χ0) is 39.0. The Bertz CT molecular complexity index is 2210. The average molecular weight is 784 g/mol. The first-order chi connectivity index (χ1) is 26.4. The monoisotopic (exact) mass is 783 g/mol. The summed E-state index contributed by atoms with van der Waals surface area (Å²) in [5, 5.41) is 7.01. The number of nitrogens with one attached hydrogen (secondary N) is 1.